The van der Waals surface area contributed by atoms with Crippen molar-refractivity contribution in [1.82, 2.24) is 0 Å². The van der Waals surface area contributed by atoms with Crippen LogP contribution in [0.15, 0.2) is 42.5 Å². The largest absolute Gasteiger partial charge is 0.457 e. The molecule has 0 aromatic heterocycles. The molecule has 98 valence electrons. The normalized spacial score (nSPS) is 10.3. The Labute approximate surface area is 111 Å². The molecule has 0 unspecified atom stereocenters. The van der Waals surface area contributed by atoms with Gasteiger partial charge in [-0.05, 0) is 55.0 Å². The smallest absolute Gasteiger partial charge is 0.162 e. The Hall–Kier alpha value is -2.16. The van der Waals surface area contributed by atoms with Crippen LogP contribution in [0, 0.1) is 12.7 Å². The Morgan fingerprint density at radius 2 is 1.74 bits per heavy atom. The molecule has 0 saturated heterocycles. The van der Waals surface area contributed by atoms with Gasteiger partial charge >= 0.3 is 0 Å². The van der Waals surface area contributed by atoms with Crippen LogP contribution in [0.2, 0.25) is 0 Å². The van der Waals surface area contributed by atoms with E-state index in [1.165, 1.54) is 6.07 Å². The van der Waals surface area contributed by atoms with Gasteiger partial charge in [-0.15, -0.1) is 0 Å². The van der Waals surface area contributed by atoms with E-state index in [0.717, 1.165) is 0 Å². The molecule has 2 nitrogen and oxygen atoms in total. The molecule has 0 radical (unpaired) electrons. The fourth-order valence-electron chi connectivity index (χ4n) is 1.73. The number of ether oxygens (including phenoxy) is 1. The third-order valence-corrected chi connectivity index (χ3v) is 2.86. The van der Waals surface area contributed by atoms with E-state index in [9.17, 15) is 9.18 Å². The second-order valence-corrected chi connectivity index (χ2v) is 4.31. The minimum atomic E-state index is -0.253. The average Bonchev–Trinajstić information content (AvgIpc) is 2.43. The van der Waals surface area contributed by atoms with Gasteiger partial charge in [-0.25, -0.2) is 4.39 Å². The van der Waals surface area contributed by atoms with Crippen LogP contribution in [0.3, 0.4) is 0 Å². The summed E-state index contributed by atoms with van der Waals surface area (Å²) in [7, 11) is 0. The number of halogens is 1. The minimum Gasteiger partial charge on any atom is -0.457 e. The van der Waals surface area contributed by atoms with Gasteiger partial charge in [0.05, 0.1) is 0 Å². The summed E-state index contributed by atoms with van der Waals surface area (Å²) in [6, 6.07) is 11.5. The summed E-state index contributed by atoms with van der Waals surface area (Å²) < 4.78 is 18.7. The number of carbonyl (C=O) groups excluding carboxylic acids is 1. The van der Waals surface area contributed by atoms with Crippen LogP contribution >= 0.6 is 0 Å². The predicted molar refractivity (Wildman–Crippen MR) is 72.3 cm³/mol. The molecule has 2 rings (SSSR count). The molecule has 3 heteroatoms. The first kappa shape index (κ1) is 13.3. The van der Waals surface area contributed by atoms with Crippen LogP contribution in [0.5, 0.6) is 11.5 Å². The van der Waals surface area contributed by atoms with E-state index < -0.39 is 0 Å². The summed E-state index contributed by atoms with van der Waals surface area (Å²) >= 11 is 0. The number of Topliss-reactive ketones (excluding diaryl/α,β-unsaturated/α-hetero) is 1. The topological polar surface area (TPSA) is 26.3 Å². The molecule has 0 atom stereocenters. The molecule has 0 heterocycles. The molecular weight excluding hydrogens is 243 g/mol. The van der Waals surface area contributed by atoms with Gasteiger partial charge < -0.3 is 4.74 Å². The number of carbonyl (C=O) groups is 1. The lowest BCUT2D eigenvalue weighted by molar-refractivity contribution is 0.0988. The first-order chi connectivity index (χ1) is 9.10. The van der Waals surface area contributed by atoms with Crippen LogP contribution in [0.4, 0.5) is 4.39 Å². The predicted octanol–water partition coefficient (Wildman–Crippen LogP) is 4.52. The first-order valence-corrected chi connectivity index (χ1v) is 6.17. The Kier molecular flexibility index (Phi) is 3.95. The quantitative estimate of drug-likeness (QED) is 0.754. The Bertz CT molecular complexity index is 588. The molecule has 19 heavy (non-hydrogen) atoms. The molecule has 0 aliphatic heterocycles. The minimum absolute atomic E-state index is 0.101. The van der Waals surface area contributed by atoms with Crippen molar-refractivity contribution < 1.29 is 13.9 Å². The molecule has 2 aromatic rings. The molecule has 0 aliphatic rings. The van der Waals surface area contributed by atoms with Gasteiger partial charge in [0.2, 0.25) is 0 Å². The highest BCUT2D eigenvalue weighted by Crippen LogP contribution is 2.23. The lowest BCUT2D eigenvalue weighted by Gasteiger charge is -2.07. The molecule has 0 fully saturated rings. The van der Waals surface area contributed by atoms with Gasteiger partial charge in [0, 0.05) is 12.0 Å². The number of hydrogen-bond acceptors (Lipinski definition) is 2. The second-order valence-electron chi connectivity index (χ2n) is 4.31. The number of ketones is 1. The molecule has 0 saturated carbocycles. The highest BCUT2D eigenvalue weighted by atomic mass is 19.1. The number of benzene rings is 2. The summed E-state index contributed by atoms with van der Waals surface area (Å²) in [5.41, 5.74) is 1.21. The molecule has 0 spiro atoms. The van der Waals surface area contributed by atoms with E-state index in [-0.39, 0.29) is 11.6 Å². The maximum absolute atomic E-state index is 13.1. The lowest BCUT2D eigenvalue weighted by atomic mass is 10.1. The van der Waals surface area contributed by atoms with Gasteiger partial charge in [-0.3, -0.25) is 4.79 Å². The SMILES string of the molecule is CCC(=O)c1ccc(Oc2ccc(F)c(C)c2)cc1. The van der Waals surface area contributed by atoms with E-state index in [4.69, 9.17) is 4.74 Å². The van der Waals surface area contributed by atoms with E-state index in [2.05, 4.69) is 0 Å². The monoisotopic (exact) mass is 258 g/mol. The highest BCUT2D eigenvalue weighted by Gasteiger charge is 2.04. The second kappa shape index (κ2) is 5.65. The molecular formula is C16H15FO2. The fraction of sp³-hybridized carbons (Fsp3) is 0.188. The third-order valence-electron chi connectivity index (χ3n) is 2.86. The molecule has 0 bridgehead atoms. The van der Waals surface area contributed by atoms with Crippen molar-refractivity contribution >= 4 is 5.78 Å². The van der Waals surface area contributed by atoms with E-state index in [0.29, 0.717) is 29.0 Å². The van der Waals surface area contributed by atoms with Gasteiger partial charge in [0.15, 0.2) is 5.78 Å². The van der Waals surface area contributed by atoms with Crippen LogP contribution in [0.25, 0.3) is 0 Å². The van der Waals surface area contributed by atoms with Gasteiger partial charge in [-0.1, -0.05) is 6.92 Å². The van der Waals surface area contributed by atoms with Crippen LogP contribution < -0.4 is 4.74 Å². The summed E-state index contributed by atoms with van der Waals surface area (Å²) in [4.78, 5) is 11.5. The van der Waals surface area contributed by atoms with Crippen molar-refractivity contribution in [3.8, 4) is 11.5 Å². The van der Waals surface area contributed by atoms with E-state index in [1.807, 2.05) is 6.92 Å². The molecule has 0 amide bonds. The van der Waals surface area contributed by atoms with Crippen molar-refractivity contribution in [2.24, 2.45) is 0 Å². The Morgan fingerprint density at radius 1 is 1.11 bits per heavy atom. The summed E-state index contributed by atoms with van der Waals surface area (Å²) in [5.74, 6) is 1.05. The summed E-state index contributed by atoms with van der Waals surface area (Å²) in [6.45, 7) is 3.51. The van der Waals surface area contributed by atoms with Gasteiger partial charge in [0.25, 0.3) is 0 Å². The highest BCUT2D eigenvalue weighted by molar-refractivity contribution is 5.95. The number of hydrogen-bond donors (Lipinski definition) is 0. The fourth-order valence-corrected chi connectivity index (χ4v) is 1.73. The zero-order valence-corrected chi connectivity index (χ0v) is 10.9. The van der Waals surface area contributed by atoms with Crippen molar-refractivity contribution in [3.63, 3.8) is 0 Å². The van der Waals surface area contributed by atoms with Crippen molar-refractivity contribution in [2.45, 2.75) is 20.3 Å². The van der Waals surface area contributed by atoms with E-state index >= 15 is 0 Å². The number of aryl methyl sites for hydroxylation is 1. The van der Waals surface area contributed by atoms with E-state index in [1.54, 1.807) is 43.3 Å². The maximum atomic E-state index is 13.1. The van der Waals surface area contributed by atoms with Crippen LogP contribution in [-0.4, -0.2) is 5.78 Å². The Morgan fingerprint density at radius 3 is 2.32 bits per heavy atom. The maximum Gasteiger partial charge on any atom is 0.162 e. The summed E-state index contributed by atoms with van der Waals surface area (Å²) in [6.07, 6.45) is 0.483. The molecule has 2 aromatic carbocycles. The number of rotatable bonds is 4. The van der Waals surface area contributed by atoms with Crippen LogP contribution in [-0.2, 0) is 0 Å². The van der Waals surface area contributed by atoms with Crippen LogP contribution in [0.1, 0.15) is 29.3 Å². The standard InChI is InChI=1S/C16H15FO2/c1-3-16(18)12-4-6-13(7-5-12)19-14-8-9-15(17)11(2)10-14/h4-10H,3H2,1-2H3. The average molecular weight is 258 g/mol. The Balaban J connectivity index is 2.15. The van der Waals surface area contributed by atoms with Gasteiger partial charge in [-0.2, -0.15) is 0 Å². The third kappa shape index (κ3) is 3.19. The zero-order chi connectivity index (χ0) is 13.8. The lowest BCUT2D eigenvalue weighted by Crippen LogP contribution is -1.95. The van der Waals surface area contributed by atoms with Crippen molar-refractivity contribution in [1.29, 1.82) is 0 Å². The summed E-state index contributed by atoms with van der Waals surface area (Å²) in [5, 5.41) is 0. The molecule has 0 N–H and O–H groups in total. The van der Waals surface area contributed by atoms with Crippen molar-refractivity contribution in [3.05, 3.63) is 59.4 Å². The first-order valence-electron chi connectivity index (χ1n) is 6.17. The van der Waals surface area contributed by atoms with Gasteiger partial charge in [0.1, 0.15) is 17.3 Å². The molecule has 0 aliphatic carbocycles. The zero-order valence-electron chi connectivity index (χ0n) is 10.9. The van der Waals surface area contributed by atoms with Crippen molar-refractivity contribution in [2.75, 3.05) is 0 Å².